The van der Waals surface area contributed by atoms with Crippen molar-refractivity contribution < 1.29 is 0 Å². The van der Waals surface area contributed by atoms with E-state index in [1.54, 1.807) is 28.2 Å². The highest BCUT2D eigenvalue weighted by atomic mass is 15.4. The monoisotopic (exact) mass is 120 g/mol. The van der Waals surface area contributed by atoms with Gasteiger partial charge in [0.2, 0.25) is 0 Å². The van der Waals surface area contributed by atoms with Crippen LogP contribution in [0.25, 0.3) is 0 Å². The average molecular weight is 120 g/mol. The molecule has 0 heterocycles. The summed E-state index contributed by atoms with van der Waals surface area (Å²) in [6.45, 7) is 0. The zero-order valence-electron chi connectivity index (χ0n) is 6.05. The highest BCUT2D eigenvalue weighted by Crippen LogP contribution is 1.38. The van der Waals surface area contributed by atoms with Crippen LogP contribution in [0.5, 0.6) is 0 Å². The van der Waals surface area contributed by atoms with Crippen LogP contribution in [0.4, 0.5) is 0 Å². The van der Waals surface area contributed by atoms with E-state index in [1.807, 2.05) is 0 Å². The van der Waals surface area contributed by atoms with Crippen molar-refractivity contribution in [3.63, 3.8) is 0 Å². The molecule has 4 nitrogen and oxygen atoms in total. The molecular formula is C4H16N4. The van der Waals surface area contributed by atoms with Crippen LogP contribution in [0.15, 0.2) is 0 Å². The molecule has 0 aromatic heterocycles. The quantitative estimate of drug-likeness (QED) is 0.313. The van der Waals surface area contributed by atoms with E-state index in [2.05, 4.69) is 0 Å². The van der Waals surface area contributed by atoms with Gasteiger partial charge in [-0.25, -0.2) is 0 Å². The first-order valence-corrected chi connectivity index (χ1v) is 2.31. The van der Waals surface area contributed by atoms with Crippen molar-refractivity contribution in [1.29, 1.82) is 0 Å². The third-order valence-corrected chi connectivity index (χ3v) is 0. The second-order valence-electron chi connectivity index (χ2n) is 1.93. The summed E-state index contributed by atoms with van der Waals surface area (Å²) >= 11 is 0. The Kier molecular flexibility index (Phi) is 9.20. The van der Waals surface area contributed by atoms with Crippen molar-refractivity contribution >= 4 is 0 Å². The van der Waals surface area contributed by atoms with E-state index in [9.17, 15) is 0 Å². The lowest BCUT2D eigenvalue weighted by atomic mass is 11.2. The summed E-state index contributed by atoms with van der Waals surface area (Å²) in [6.07, 6.45) is 0. The fraction of sp³-hybridized carbons (Fsp3) is 1.00. The van der Waals surface area contributed by atoms with Crippen LogP contribution in [0, 0.1) is 0 Å². The third kappa shape index (κ3) is 5340. The molecule has 0 spiro atoms. The van der Waals surface area contributed by atoms with Crippen LogP contribution in [0.1, 0.15) is 0 Å². The number of rotatable bonds is 0. The van der Waals surface area contributed by atoms with Crippen molar-refractivity contribution in [1.82, 2.24) is 10.0 Å². The van der Waals surface area contributed by atoms with Gasteiger partial charge < -0.3 is 0 Å². The maximum atomic E-state index is 4.94. The van der Waals surface area contributed by atoms with Gasteiger partial charge in [0.05, 0.1) is 0 Å². The normalized spacial score (nSPS) is 9.00. The first-order chi connectivity index (χ1) is 3.46. The third-order valence-electron chi connectivity index (χ3n) is 0. The van der Waals surface area contributed by atoms with Crippen molar-refractivity contribution in [2.24, 2.45) is 11.7 Å². The zero-order chi connectivity index (χ0) is 7.15. The molecule has 0 fully saturated rings. The summed E-state index contributed by atoms with van der Waals surface area (Å²) in [4.78, 5) is 0. The smallest absolute Gasteiger partial charge is 0.00105 e. The first kappa shape index (κ1) is 10.8. The van der Waals surface area contributed by atoms with Gasteiger partial charge in [0.1, 0.15) is 0 Å². The van der Waals surface area contributed by atoms with Crippen molar-refractivity contribution in [2.75, 3.05) is 28.2 Å². The molecule has 4 heteroatoms. The molecule has 4 N–H and O–H groups in total. The topological polar surface area (TPSA) is 58.5 Å². The Morgan fingerprint density at radius 1 is 0.750 bits per heavy atom. The molecule has 0 aromatic rings. The summed E-state index contributed by atoms with van der Waals surface area (Å²) in [6, 6.07) is 0. The SMILES string of the molecule is CN(C)N.CN(C)N. The van der Waals surface area contributed by atoms with E-state index in [-0.39, 0.29) is 0 Å². The van der Waals surface area contributed by atoms with Gasteiger partial charge in [-0.1, -0.05) is 0 Å². The van der Waals surface area contributed by atoms with Gasteiger partial charge in [-0.2, -0.15) is 0 Å². The number of hydrogen-bond acceptors (Lipinski definition) is 4. The highest BCUT2D eigenvalue weighted by molar-refractivity contribution is 4.01. The summed E-state index contributed by atoms with van der Waals surface area (Å²) in [5.41, 5.74) is 0. The zero-order valence-corrected chi connectivity index (χ0v) is 6.05. The van der Waals surface area contributed by atoms with Gasteiger partial charge in [0.15, 0.2) is 0 Å². The minimum Gasteiger partial charge on any atom is -0.269 e. The van der Waals surface area contributed by atoms with Crippen LogP contribution < -0.4 is 11.7 Å². The molecule has 8 heavy (non-hydrogen) atoms. The molecule has 0 bridgehead atoms. The molecule has 0 atom stereocenters. The van der Waals surface area contributed by atoms with E-state index < -0.39 is 0 Å². The molecule has 0 aliphatic heterocycles. The molecule has 52 valence electrons. The lowest BCUT2D eigenvalue weighted by molar-refractivity contribution is 0.432. The Labute approximate surface area is 51.0 Å². The standard InChI is InChI=1S/2C2H8N2/c2*1-4(2)3/h2*3H2,1-2H3. The van der Waals surface area contributed by atoms with E-state index in [0.717, 1.165) is 0 Å². The van der Waals surface area contributed by atoms with E-state index >= 15 is 0 Å². The second kappa shape index (κ2) is 6.84. The average Bonchev–Trinajstić information content (AvgIpc) is 1.25. The molecule has 0 radical (unpaired) electrons. The van der Waals surface area contributed by atoms with Crippen LogP contribution in [-0.2, 0) is 0 Å². The largest absolute Gasteiger partial charge is 0.269 e. The van der Waals surface area contributed by atoms with E-state index in [0.29, 0.717) is 0 Å². The second-order valence-corrected chi connectivity index (χ2v) is 1.93. The van der Waals surface area contributed by atoms with Crippen molar-refractivity contribution in [3.05, 3.63) is 0 Å². The summed E-state index contributed by atoms with van der Waals surface area (Å²) in [5, 5.41) is 3.00. The van der Waals surface area contributed by atoms with Crippen LogP contribution in [0.2, 0.25) is 0 Å². The highest BCUT2D eigenvalue weighted by Gasteiger charge is 1.57. The van der Waals surface area contributed by atoms with Gasteiger partial charge in [-0.3, -0.25) is 21.7 Å². The molecular weight excluding hydrogens is 104 g/mol. The molecule has 0 aliphatic carbocycles. The minimum atomic E-state index is 1.50. The van der Waals surface area contributed by atoms with Gasteiger partial charge in [0, 0.05) is 28.2 Å². The maximum Gasteiger partial charge on any atom is 0.00105 e. The molecule has 0 amide bonds. The maximum absolute atomic E-state index is 4.94. The van der Waals surface area contributed by atoms with Crippen molar-refractivity contribution in [3.8, 4) is 0 Å². The molecule has 0 unspecified atom stereocenters. The minimum absolute atomic E-state index is 1.50. The predicted octanol–water partition coefficient (Wildman–Crippen LogP) is -1.16. The van der Waals surface area contributed by atoms with Crippen LogP contribution in [0.3, 0.4) is 0 Å². The summed E-state index contributed by atoms with van der Waals surface area (Å²) in [5.74, 6) is 9.89. The Morgan fingerprint density at radius 2 is 0.750 bits per heavy atom. The first-order valence-electron chi connectivity index (χ1n) is 2.31. The number of nitrogens with two attached hydrogens (primary N) is 2. The Bertz CT molecular complexity index is 23.5. The molecule has 0 aromatic carbocycles. The predicted molar refractivity (Wildman–Crippen MR) is 35.7 cm³/mol. The number of nitrogens with zero attached hydrogens (tertiary/aromatic N) is 2. The fourth-order valence-corrected chi connectivity index (χ4v) is 0. The lowest BCUT2D eigenvalue weighted by Crippen LogP contribution is -2.18. The van der Waals surface area contributed by atoms with Crippen molar-refractivity contribution in [2.45, 2.75) is 0 Å². The van der Waals surface area contributed by atoms with Gasteiger partial charge in [0.25, 0.3) is 0 Å². The van der Waals surface area contributed by atoms with Gasteiger partial charge in [-0.15, -0.1) is 0 Å². The Hall–Kier alpha value is -0.160. The summed E-state index contributed by atoms with van der Waals surface area (Å²) < 4.78 is 0. The number of hydrogen-bond donors (Lipinski definition) is 2. The van der Waals surface area contributed by atoms with E-state index in [4.69, 9.17) is 11.7 Å². The molecule has 0 saturated carbocycles. The molecule has 0 rings (SSSR count). The fourth-order valence-electron chi connectivity index (χ4n) is 0. The molecule has 0 aliphatic rings. The van der Waals surface area contributed by atoms with Gasteiger partial charge >= 0.3 is 0 Å². The van der Waals surface area contributed by atoms with Crippen LogP contribution in [-0.4, -0.2) is 38.2 Å². The Morgan fingerprint density at radius 3 is 0.750 bits per heavy atom. The Balaban J connectivity index is 0. The van der Waals surface area contributed by atoms with Crippen LogP contribution >= 0.6 is 0 Å². The lowest BCUT2D eigenvalue weighted by Gasteiger charge is -1.91. The van der Waals surface area contributed by atoms with Gasteiger partial charge in [-0.05, 0) is 0 Å². The number of hydrazine groups is 2. The summed E-state index contributed by atoms with van der Waals surface area (Å²) in [7, 11) is 7.11. The van der Waals surface area contributed by atoms with E-state index in [1.165, 1.54) is 10.0 Å². The molecule has 0 saturated heterocycles.